The summed E-state index contributed by atoms with van der Waals surface area (Å²) in [7, 11) is 0. The fourth-order valence-corrected chi connectivity index (χ4v) is 1.72. The molecule has 0 saturated carbocycles. The Labute approximate surface area is 92.9 Å². The van der Waals surface area contributed by atoms with Crippen molar-refractivity contribution in [3.8, 4) is 5.88 Å². The third-order valence-electron chi connectivity index (χ3n) is 2.50. The van der Waals surface area contributed by atoms with Gasteiger partial charge in [-0.1, -0.05) is 0 Å². The van der Waals surface area contributed by atoms with Gasteiger partial charge in [-0.2, -0.15) is 0 Å². The number of hydrogen-bond donors (Lipinski definition) is 2. The fraction of sp³-hybridized carbons (Fsp3) is 0.167. The van der Waals surface area contributed by atoms with Crippen LogP contribution in [0.25, 0.3) is 10.8 Å². The minimum Gasteiger partial charge on any atom is -0.493 e. The summed E-state index contributed by atoms with van der Waals surface area (Å²) in [5.41, 5.74) is 1.68. The van der Waals surface area contributed by atoms with Crippen molar-refractivity contribution in [1.29, 1.82) is 0 Å². The molecule has 2 N–H and O–H groups in total. The highest BCUT2D eigenvalue weighted by Gasteiger charge is 2.07. The summed E-state index contributed by atoms with van der Waals surface area (Å²) in [5.74, 6) is -0.101. The van der Waals surface area contributed by atoms with Crippen molar-refractivity contribution in [3.05, 3.63) is 30.0 Å². The third-order valence-corrected chi connectivity index (χ3v) is 2.50. The number of aromatic nitrogens is 1. The molecule has 4 nitrogen and oxygen atoms in total. The first-order valence-corrected chi connectivity index (χ1v) is 4.94. The highest BCUT2D eigenvalue weighted by Crippen LogP contribution is 2.29. The van der Waals surface area contributed by atoms with Crippen molar-refractivity contribution < 1.29 is 9.90 Å². The van der Waals surface area contributed by atoms with Crippen LogP contribution in [-0.4, -0.2) is 16.0 Å². The third kappa shape index (κ3) is 1.69. The van der Waals surface area contributed by atoms with Crippen LogP contribution in [0.1, 0.15) is 12.5 Å². The van der Waals surface area contributed by atoms with E-state index < -0.39 is 0 Å². The number of anilines is 1. The quantitative estimate of drug-likeness (QED) is 0.768. The summed E-state index contributed by atoms with van der Waals surface area (Å²) in [6.07, 6.45) is 1.54. The van der Waals surface area contributed by atoms with Gasteiger partial charge in [0.25, 0.3) is 0 Å². The van der Waals surface area contributed by atoms with Gasteiger partial charge in [0.1, 0.15) is 0 Å². The number of carbonyl (C=O) groups is 1. The molecule has 0 bridgehead atoms. The van der Waals surface area contributed by atoms with Gasteiger partial charge in [0.15, 0.2) is 0 Å². The maximum atomic E-state index is 11.0. The number of benzene rings is 1. The number of rotatable bonds is 1. The largest absolute Gasteiger partial charge is 0.493 e. The molecule has 0 aliphatic heterocycles. The molecule has 1 aromatic heterocycles. The lowest BCUT2D eigenvalue weighted by Gasteiger charge is -2.09. The molecule has 0 saturated heterocycles. The van der Waals surface area contributed by atoms with Crippen LogP contribution in [-0.2, 0) is 4.79 Å². The Balaban J connectivity index is 2.65. The van der Waals surface area contributed by atoms with Gasteiger partial charge in [-0.3, -0.25) is 4.79 Å². The summed E-state index contributed by atoms with van der Waals surface area (Å²) < 4.78 is 0. The molecule has 0 atom stereocenters. The van der Waals surface area contributed by atoms with Crippen LogP contribution in [0.3, 0.4) is 0 Å². The van der Waals surface area contributed by atoms with Gasteiger partial charge >= 0.3 is 0 Å². The molecule has 82 valence electrons. The summed E-state index contributed by atoms with van der Waals surface area (Å²) in [4.78, 5) is 14.8. The van der Waals surface area contributed by atoms with Crippen LogP contribution in [0.5, 0.6) is 5.88 Å². The summed E-state index contributed by atoms with van der Waals surface area (Å²) >= 11 is 0. The zero-order chi connectivity index (χ0) is 11.7. The lowest BCUT2D eigenvalue weighted by molar-refractivity contribution is -0.114. The molecule has 0 aliphatic carbocycles. The summed E-state index contributed by atoms with van der Waals surface area (Å²) in [5, 5.41) is 13.9. The number of aryl methyl sites for hydroxylation is 1. The van der Waals surface area contributed by atoms with E-state index in [1.165, 1.54) is 6.92 Å². The van der Waals surface area contributed by atoms with E-state index >= 15 is 0 Å². The molecule has 2 aromatic rings. The predicted molar refractivity (Wildman–Crippen MR) is 62.4 cm³/mol. The number of nitrogens with zero attached hydrogens (tertiary/aromatic N) is 1. The number of pyridine rings is 1. The van der Waals surface area contributed by atoms with E-state index in [0.717, 1.165) is 16.6 Å². The van der Waals surface area contributed by atoms with Gasteiger partial charge in [-0.25, -0.2) is 4.98 Å². The number of carbonyl (C=O) groups excluding carboxylic acids is 1. The first-order valence-electron chi connectivity index (χ1n) is 4.94. The smallest absolute Gasteiger partial charge is 0.221 e. The number of nitrogens with one attached hydrogen (secondary N) is 1. The van der Waals surface area contributed by atoms with E-state index in [-0.39, 0.29) is 11.8 Å². The molecule has 16 heavy (non-hydrogen) atoms. The second-order valence-electron chi connectivity index (χ2n) is 3.65. The number of aromatic hydroxyl groups is 1. The normalized spacial score (nSPS) is 10.4. The average molecular weight is 216 g/mol. The second kappa shape index (κ2) is 3.81. The number of hydrogen-bond acceptors (Lipinski definition) is 3. The maximum Gasteiger partial charge on any atom is 0.221 e. The first kappa shape index (κ1) is 10.4. The Bertz CT molecular complexity index is 564. The van der Waals surface area contributed by atoms with E-state index in [2.05, 4.69) is 10.3 Å². The molecule has 0 radical (unpaired) electrons. The molecular formula is C12H12N2O2. The molecule has 4 heteroatoms. The summed E-state index contributed by atoms with van der Waals surface area (Å²) in [6.45, 7) is 3.36. The molecule has 0 spiro atoms. The van der Waals surface area contributed by atoms with Gasteiger partial charge in [0.2, 0.25) is 11.8 Å². The number of fused-ring (bicyclic) bond motifs is 1. The van der Waals surface area contributed by atoms with Crippen LogP contribution in [0.15, 0.2) is 24.4 Å². The van der Waals surface area contributed by atoms with Gasteiger partial charge < -0.3 is 10.4 Å². The van der Waals surface area contributed by atoms with Crippen molar-refractivity contribution in [1.82, 2.24) is 4.98 Å². The molecular weight excluding hydrogens is 204 g/mol. The topological polar surface area (TPSA) is 62.2 Å². The Kier molecular flexibility index (Phi) is 2.48. The molecule has 0 unspecified atom stereocenters. The van der Waals surface area contributed by atoms with Gasteiger partial charge in [0, 0.05) is 24.2 Å². The zero-order valence-electron chi connectivity index (χ0n) is 9.11. The van der Waals surface area contributed by atoms with Crippen LogP contribution in [0.2, 0.25) is 0 Å². The molecule has 1 amide bonds. The van der Waals surface area contributed by atoms with Crippen LogP contribution in [0.4, 0.5) is 5.69 Å². The second-order valence-corrected chi connectivity index (χ2v) is 3.65. The van der Waals surface area contributed by atoms with Crippen molar-refractivity contribution in [2.24, 2.45) is 0 Å². The highest BCUT2D eigenvalue weighted by molar-refractivity contribution is 5.97. The van der Waals surface area contributed by atoms with E-state index in [1.807, 2.05) is 13.0 Å². The molecule has 1 heterocycles. The molecule has 1 aromatic carbocycles. The Morgan fingerprint density at radius 3 is 2.75 bits per heavy atom. The van der Waals surface area contributed by atoms with Crippen molar-refractivity contribution in [2.75, 3.05) is 5.32 Å². The first-order chi connectivity index (χ1) is 7.59. The van der Waals surface area contributed by atoms with Crippen LogP contribution >= 0.6 is 0 Å². The van der Waals surface area contributed by atoms with E-state index in [9.17, 15) is 9.90 Å². The molecule has 0 aliphatic rings. The lowest BCUT2D eigenvalue weighted by atomic mass is 10.1. The Morgan fingerprint density at radius 1 is 1.31 bits per heavy atom. The van der Waals surface area contributed by atoms with Gasteiger partial charge in [-0.15, -0.1) is 0 Å². The standard InChI is InChI=1S/C12H12N2O2/c1-7-9-5-6-13-12(16)10(9)3-4-11(7)14-8(2)15/h3-6H,1-2H3,(H,13,16)(H,14,15). The van der Waals surface area contributed by atoms with Gasteiger partial charge in [0.05, 0.1) is 0 Å². The SMILES string of the molecule is CC(=O)Nc1ccc2c(O)nccc2c1C. The van der Waals surface area contributed by atoms with E-state index in [0.29, 0.717) is 5.39 Å². The van der Waals surface area contributed by atoms with Crippen LogP contribution in [0, 0.1) is 6.92 Å². The Hall–Kier alpha value is -2.10. The zero-order valence-corrected chi connectivity index (χ0v) is 9.11. The monoisotopic (exact) mass is 216 g/mol. The minimum absolute atomic E-state index is 0.00924. The van der Waals surface area contributed by atoms with Crippen LogP contribution < -0.4 is 5.32 Å². The van der Waals surface area contributed by atoms with E-state index in [4.69, 9.17) is 0 Å². The minimum atomic E-state index is -0.110. The number of amides is 1. The van der Waals surface area contributed by atoms with Crippen molar-refractivity contribution >= 4 is 22.4 Å². The average Bonchev–Trinajstić information content (AvgIpc) is 2.23. The van der Waals surface area contributed by atoms with E-state index in [1.54, 1.807) is 18.3 Å². The fourth-order valence-electron chi connectivity index (χ4n) is 1.72. The van der Waals surface area contributed by atoms with Crippen molar-refractivity contribution in [2.45, 2.75) is 13.8 Å². The highest BCUT2D eigenvalue weighted by atomic mass is 16.3. The molecule has 2 rings (SSSR count). The Morgan fingerprint density at radius 2 is 2.06 bits per heavy atom. The predicted octanol–water partition coefficient (Wildman–Crippen LogP) is 2.21. The van der Waals surface area contributed by atoms with Crippen molar-refractivity contribution in [3.63, 3.8) is 0 Å². The summed E-state index contributed by atoms with van der Waals surface area (Å²) in [6, 6.07) is 5.33. The maximum absolute atomic E-state index is 11.0. The molecule has 0 fully saturated rings. The van der Waals surface area contributed by atoms with Gasteiger partial charge in [-0.05, 0) is 36.1 Å². The lowest BCUT2D eigenvalue weighted by Crippen LogP contribution is -2.07.